The summed E-state index contributed by atoms with van der Waals surface area (Å²) in [6.07, 6.45) is 3.93. The molecule has 1 aromatic carbocycles. The van der Waals surface area contributed by atoms with Gasteiger partial charge < -0.3 is 9.32 Å². The number of piperidine rings is 1. The molecule has 5 heteroatoms. The number of hydrogen-bond donors (Lipinski definition) is 0. The number of likely N-dealkylation sites (tertiary alicyclic amines) is 2. The predicted molar refractivity (Wildman–Crippen MR) is 105 cm³/mol. The fraction of sp³-hybridized carbons (Fsp3) is 0.545. The standard InChI is InChI=1S/C22H29N3O2/c1-4-19-23-16(2)20(27-19)21(26)25-12-10-22(11-13-25)14-18(15-24(22)3)17-8-6-5-7-9-17/h5-9,18H,4,10-15H2,1-3H3. The second kappa shape index (κ2) is 7.12. The van der Waals surface area contributed by atoms with E-state index in [4.69, 9.17) is 4.42 Å². The summed E-state index contributed by atoms with van der Waals surface area (Å²) in [6, 6.07) is 10.8. The molecule has 0 N–H and O–H groups in total. The van der Waals surface area contributed by atoms with Crippen LogP contribution in [0.4, 0.5) is 0 Å². The van der Waals surface area contributed by atoms with Gasteiger partial charge in [0.15, 0.2) is 5.89 Å². The van der Waals surface area contributed by atoms with Crippen molar-refractivity contribution in [1.29, 1.82) is 0 Å². The minimum absolute atomic E-state index is 0.00481. The van der Waals surface area contributed by atoms with Crippen molar-refractivity contribution in [2.75, 3.05) is 26.7 Å². The molecule has 2 fully saturated rings. The van der Waals surface area contributed by atoms with Crippen LogP contribution < -0.4 is 0 Å². The van der Waals surface area contributed by atoms with E-state index in [2.05, 4.69) is 47.3 Å². The molecular formula is C22H29N3O2. The molecular weight excluding hydrogens is 338 g/mol. The highest BCUT2D eigenvalue weighted by atomic mass is 16.4. The van der Waals surface area contributed by atoms with Crippen LogP contribution in [0.5, 0.6) is 0 Å². The summed E-state index contributed by atoms with van der Waals surface area (Å²) >= 11 is 0. The second-order valence-corrected chi connectivity index (χ2v) is 8.08. The predicted octanol–water partition coefficient (Wildman–Crippen LogP) is 3.64. The van der Waals surface area contributed by atoms with Gasteiger partial charge in [0.05, 0.1) is 5.69 Å². The highest BCUT2D eigenvalue weighted by Crippen LogP contribution is 2.44. The van der Waals surface area contributed by atoms with Gasteiger partial charge >= 0.3 is 0 Å². The Balaban J connectivity index is 1.44. The lowest BCUT2D eigenvalue weighted by Crippen LogP contribution is -2.52. The van der Waals surface area contributed by atoms with Crippen LogP contribution in [-0.4, -0.2) is 52.9 Å². The van der Waals surface area contributed by atoms with Gasteiger partial charge in [-0.25, -0.2) is 4.98 Å². The number of hydrogen-bond acceptors (Lipinski definition) is 4. The Morgan fingerprint density at radius 1 is 1.26 bits per heavy atom. The molecule has 1 atom stereocenters. The molecule has 3 heterocycles. The van der Waals surface area contributed by atoms with Crippen LogP contribution >= 0.6 is 0 Å². The fourth-order valence-electron chi connectivity index (χ4n) is 4.81. The first-order valence-electron chi connectivity index (χ1n) is 10.0. The van der Waals surface area contributed by atoms with Gasteiger partial charge in [0.1, 0.15) is 0 Å². The summed E-state index contributed by atoms with van der Waals surface area (Å²) < 4.78 is 5.68. The van der Waals surface area contributed by atoms with E-state index < -0.39 is 0 Å². The number of carbonyl (C=O) groups is 1. The molecule has 2 aromatic rings. The SMILES string of the molecule is CCc1nc(C)c(C(=O)N2CCC3(CC2)CC(c2ccccc2)CN3C)o1. The number of amides is 1. The first-order chi connectivity index (χ1) is 13.0. The van der Waals surface area contributed by atoms with Crippen molar-refractivity contribution in [3.63, 3.8) is 0 Å². The van der Waals surface area contributed by atoms with Crippen LogP contribution in [0.1, 0.15) is 59.8 Å². The summed E-state index contributed by atoms with van der Waals surface area (Å²) in [5.41, 5.74) is 2.35. The molecule has 2 aliphatic rings. The van der Waals surface area contributed by atoms with Gasteiger partial charge in [-0.2, -0.15) is 0 Å². The normalized spacial score (nSPS) is 22.5. The molecule has 144 valence electrons. The third-order valence-corrected chi connectivity index (χ3v) is 6.52. The third-order valence-electron chi connectivity index (χ3n) is 6.52. The number of aromatic nitrogens is 1. The fourth-order valence-corrected chi connectivity index (χ4v) is 4.81. The zero-order chi connectivity index (χ0) is 19.0. The van der Waals surface area contributed by atoms with Gasteiger partial charge in [-0.1, -0.05) is 37.3 Å². The van der Waals surface area contributed by atoms with Crippen LogP contribution in [0.3, 0.4) is 0 Å². The van der Waals surface area contributed by atoms with Crippen LogP contribution in [0.15, 0.2) is 34.7 Å². The molecule has 1 amide bonds. The molecule has 1 unspecified atom stereocenters. The van der Waals surface area contributed by atoms with Crippen molar-refractivity contribution in [3.05, 3.63) is 53.2 Å². The number of oxazole rings is 1. The first-order valence-corrected chi connectivity index (χ1v) is 10.0. The quantitative estimate of drug-likeness (QED) is 0.831. The minimum Gasteiger partial charge on any atom is -0.435 e. The van der Waals surface area contributed by atoms with Crippen LogP contribution in [0.2, 0.25) is 0 Å². The number of nitrogens with zero attached hydrogens (tertiary/aromatic N) is 3. The van der Waals surface area contributed by atoms with Crippen molar-refractivity contribution in [3.8, 4) is 0 Å². The maximum Gasteiger partial charge on any atom is 0.291 e. The summed E-state index contributed by atoms with van der Waals surface area (Å²) in [6.45, 7) is 6.51. The van der Waals surface area contributed by atoms with Gasteiger partial charge in [-0.05, 0) is 44.7 Å². The molecule has 0 bridgehead atoms. The summed E-state index contributed by atoms with van der Waals surface area (Å²) in [5.74, 6) is 1.65. The topological polar surface area (TPSA) is 49.6 Å². The Hall–Kier alpha value is -2.14. The lowest BCUT2D eigenvalue weighted by molar-refractivity contribution is 0.0465. The van der Waals surface area contributed by atoms with Gasteiger partial charge in [0.2, 0.25) is 5.76 Å². The lowest BCUT2D eigenvalue weighted by Gasteiger charge is -2.43. The van der Waals surface area contributed by atoms with Crippen molar-refractivity contribution in [2.24, 2.45) is 0 Å². The molecule has 5 nitrogen and oxygen atoms in total. The van der Waals surface area contributed by atoms with Crippen molar-refractivity contribution >= 4 is 5.91 Å². The monoisotopic (exact) mass is 367 g/mol. The molecule has 4 rings (SSSR count). The van der Waals surface area contributed by atoms with E-state index in [0.29, 0.717) is 29.7 Å². The van der Waals surface area contributed by atoms with Gasteiger partial charge in [-0.15, -0.1) is 0 Å². The Bertz CT molecular complexity index is 806. The van der Waals surface area contributed by atoms with Crippen molar-refractivity contribution in [2.45, 2.75) is 51.0 Å². The number of likely N-dealkylation sites (N-methyl/N-ethyl adjacent to an activating group) is 1. The molecule has 0 radical (unpaired) electrons. The van der Waals surface area contributed by atoms with Crippen LogP contribution in [-0.2, 0) is 6.42 Å². The van der Waals surface area contributed by atoms with E-state index in [1.807, 2.05) is 18.7 Å². The minimum atomic E-state index is -0.00481. The Kier molecular flexibility index (Phi) is 4.81. The first kappa shape index (κ1) is 18.2. The van der Waals surface area contributed by atoms with Crippen molar-refractivity contribution in [1.82, 2.24) is 14.8 Å². The molecule has 0 saturated carbocycles. The molecule has 2 saturated heterocycles. The van der Waals surface area contributed by atoms with Crippen LogP contribution in [0, 0.1) is 6.92 Å². The second-order valence-electron chi connectivity index (χ2n) is 8.08. The summed E-state index contributed by atoms with van der Waals surface area (Å²) in [5, 5.41) is 0. The third kappa shape index (κ3) is 3.29. The largest absolute Gasteiger partial charge is 0.435 e. The Labute approximate surface area is 161 Å². The van der Waals surface area contributed by atoms with Gasteiger partial charge in [0, 0.05) is 31.6 Å². The molecule has 1 aromatic heterocycles. The van der Waals surface area contributed by atoms with E-state index in [0.717, 1.165) is 32.5 Å². The van der Waals surface area contributed by atoms with Crippen LogP contribution in [0.25, 0.3) is 0 Å². The smallest absolute Gasteiger partial charge is 0.291 e. The van der Waals surface area contributed by atoms with E-state index in [-0.39, 0.29) is 11.4 Å². The average Bonchev–Trinajstić information content (AvgIpc) is 3.23. The number of carbonyl (C=O) groups excluding carboxylic acids is 1. The highest BCUT2D eigenvalue weighted by molar-refractivity contribution is 5.92. The Morgan fingerprint density at radius 3 is 2.59 bits per heavy atom. The maximum atomic E-state index is 12.9. The van der Waals surface area contributed by atoms with E-state index in [1.54, 1.807) is 0 Å². The van der Waals surface area contributed by atoms with Gasteiger partial charge in [-0.3, -0.25) is 9.69 Å². The average molecular weight is 367 g/mol. The molecule has 0 aliphatic carbocycles. The van der Waals surface area contributed by atoms with E-state index in [9.17, 15) is 4.79 Å². The zero-order valence-electron chi connectivity index (χ0n) is 16.6. The highest BCUT2D eigenvalue weighted by Gasteiger charge is 2.46. The molecule has 2 aliphatic heterocycles. The Morgan fingerprint density at radius 2 is 1.96 bits per heavy atom. The summed E-state index contributed by atoms with van der Waals surface area (Å²) in [4.78, 5) is 21.7. The maximum absolute atomic E-state index is 12.9. The summed E-state index contributed by atoms with van der Waals surface area (Å²) in [7, 11) is 2.24. The van der Waals surface area contributed by atoms with E-state index >= 15 is 0 Å². The molecule has 27 heavy (non-hydrogen) atoms. The molecule has 1 spiro atoms. The number of aryl methyl sites for hydroxylation is 2. The lowest BCUT2D eigenvalue weighted by atomic mass is 9.81. The van der Waals surface area contributed by atoms with Crippen molar-refractivity contribution < 1.29 is 9.21 Å². The van der Waals surface area contributed by atoms with Gasteiger partial charge in [0.25, 0.3) is 5.91 Å². The number of benzene rings is 1. The number of rotatable bonds is 3. The van der Waals surface area contributed by atoms with E-state index in [1.165, 1.54) is 12.0 Å². The zero-order valence-corrected chi connectivity index (χ0v) is 16.6.